The molecule has 7 amide bonds. The molecule has 0 aromatic heterocycles. The number of phenols is 3. The summed E-state index contributed by atoms with van der Waals surface area (Å²) in [5, 5.41) is 131. The number of hydrogen-bond acceptors (Lipinski definition) is 29. The number of piperidine rings is 1. The molecule has 9 aliphatic rings. The van der Waals surface area contributed by atoms with Gasteiger partial charge in [-0.2, -0.15) is 0 Å². The Morgan fingerprint density at radius 3 is 2.01 bits per heavy atom. The molecule has 9 aliphatic heterocycles. The maximum absolute atomic E-state index is 16.0. The Hall–Kier alpha value is -10.3. The molecule has 0 saturated carbocycles. The van der Waals surface area contributed by atoms with Crippen molar-refractivity contribution in [2.45, 2.75) is 203 Å². The molecule has 7 aromatic carbocycles. The largest absolute Gasteiger partial charge is 0.508 e. The highest BCUT2D eigenvalue weighted by Crippen LogP contribution is 2.52. The molecule has 0 radical (unpaired) electrons. The summed E-state index contributed by atoms with van der Waals surface area (Å²) in [7, 11) is 3.77. The third kappa shape index (κ3) is 20.5. The van der Waals surface area contributed by atoms with Crippen LogP contribution in [0.1, 0.15) is 131 Å². The average Bonchev–Trinajstić information content (AvgIpc) is 0.768. The fourth-order valence-corrected chi connectivity index (χ4v) is 18.4. The monoisotopic (exact) mass is 1820 g/mol. The number of carboxylic acid groups (broad SMARTS) is 1. The number of aliphatic hydroxyl groups excluding tert-OH is 6. The van der Waals surface area contributed by atoms with Crippen molar-refractivity contribution in [3.8, 4) is 57.1 Å². The summed E-state index contributed by atoms with van der Waals surface area (Å²) in [5.74, 6) is -16.0. The number of aromatic hydroxyl groups is 3. The molecule has 3 fully saturated rings. The first-order valence-corrected chi connectivity index (χ1v) is 43.6. The van der Waals surface area contributed by atoms with Crippen LogP contribution in [-0.2, 0) is 52.6 Å². The lowest BCUT2D eigenvalue weighted by atomic mass is 9.86. The number of nitrogens with two attached hydrogens (primary N) is 2. The molecule has 0 spiro atoms. The summed E-state index contributed by atoms with van der Waals surface area (Å²) >= 11 is 17.8. The Kier molecular flexibility index (Phi) is 29.3. The van der Waals surface area contributed by atoms with E-state index in [9.17, 15) is 75.0 Å². The molecular weight excluding hydrogens is 1720 g/mol. The molecule has 21 N–H and O–H groups in total. The Bertz CT molecular complexity index is 5290. The second-order valence-corrected chi connectivity index (χ2v) is 35.5. The standard InChI is InChI=1S/C66H75Cl2N9O24.C21H26N2S2/c1-23(2)12-34(71-5)58(88)76-49-51(83)26-7-10-38(32(67)14-26)97-40-16-28-17-41(55(40)101-65-56(54(86)53(85)42(22-78)99-65)100-44-21-66(4,70)57(87)24(3)96-44)98-39-11-8-27(15-33(39)68)52(84)50-63(93)75-48(64(94)95)31-18-29(79)19-37(81)45(31)30-13-25(6-9-36(30)80)46(60(90)77-50)74-61(91)47(28)73-59(89)35(20-43(69)82)72-62(49)92;1-22-13-6-5-7-16(22)12-14-23-18-8-3-4-9-20(18)25-21-11-10-17(24-2)15-19(21)23/h6-11,13-19,23-24,34-35,42,44,46-54,56-57,65,71,78-81,83-87H,12,20-22,70H2,1-5H3,(H2,69,82)(H,72,92)(H,73,89)(H,74,91)(H,75,93)(H,76,88)(H,77,90)(H,94,95);3-4,8-11,15-16H,5-7,12-14H2,1-2H3/t24-,34+,35-,42+,44-,46+,47+,48-,49+,50-,51+,52+,53+,54-,56+,57+,65-,66-;/m0./s1. The number of carbonyl (C=O) groups is 8. The molecule has 19 atom stereocenters. The van der Waals surface area contributed by atoms with E-state index in [0.717, 1.165) is 79.3 Å². The highest BCUT2D eigenvalue weighted by atomic mass is 35.5. The van der Waals surface area contributed by atoms with Gasteiger partial charge in [0.15, 0.2) is 29.9 Å². The minimum atomic E-state index is -2.35. The number of hydrogen-bond donors (Lipinski definition) is 19. The van der Waals surface area contributed by atoms with E-state index in [1.807, 2.05) is 37.4 Å². The summed E-state index contributed by atoms with van der Waals surface area (Å²) in [5.41, 5.74) is 10.8. The third-order valence-electron chi connectivity index (χ3n) is 23.2. The van der Waals surface area contributed by atoms with Gasteiger partial charge < -0.3 is 138 Å². The number of nitrogens with zero attached hydrogens (tertiary/aromatic N) is 2. The van der Waals surface area contributed by atoms with Gasteiger partial charge in [0.25, 0.3) is 0 Å². The minimum absolute atomic E-state index is 0.0975. The van der Waals surface area contributed by atoms with E-state index in [1.54, 1.807) is 0 Å². The third-order valence-corrected chi connectivity index (χ3v) is 25.7. The van der Waals surface area contributed by atoms with Crippen LogP contribution < -0.4 is 67.8 Å². The highest BCUT2D eigenvalue weighted by molar-refractivity contribution is 8.00. The smallest absolute Gasteiger partial charge is 0.330 e. The van der Waals surface area contributed by atoms with Gasteiger partial charge in [-0.1, -0.05) is 85.6 Å². The first-order chi connectivity index (χ1) is 59.9. The predicted molar refractivity (Wildman–Crippen MR) is 460 cm³/mol. The molecule has 16 rings (SSSR count). The van der Waals surface area contributed by atoms with Gasteiger partial charge in [-0.05, 0) is 180 Å². The number of amides is 7. The number of rotatable bonds is 17. The highest BCUT2D eigenvalue weighted by Gasteiger charge is 2.52. The van der Waals surface area contributed by atoms with Crippen molar-refractivity contribution in [3.05, 3.63) is 159 Å². The van der Waals surface area contributed by atoms with E-state index >= 15 is 14.4 Å². The number of nitrogens with one attached hydrogen (secondary N) is 7. The Morgan fingerprint density at radius 1 is 0.722 bits per heavy atom. The first kappa shape index (κ1) is 93.3. The quantitative estimate of drug-likeness (QED) is 0.0465. The zero-order valence-corrected chi connectivity index (χ0v) is 72.5. The Morgan fingerprint density at radius 2 is 1.37 bits per heavy atom. The second kappa shape index (κ2) is 39.5. The van der Waals surface area contributed by atoms with Crippen molar-refractivity contribution < 1.29 is 118 Å². The number of phenolic OH excluding ortho intramolecular Hbond substituents is 3. The molecule has 674 valence electrons. The van der Waals surface area contributed by atoms with Gasteiger partial charge in [0, 0.05) is 62.0 Å². The molecule has 39 heteroatoms. The number of thioether (sulfide) groups is 1. The molecule has 11 bridgehead atoms. The van der Waals surface area contributed by atoms with E-state index in [-0.39, 0.29) is 46.2 Å². The van der Waals surface area contributed by atoms with E-state index in [1.165, 1.54) is 91.3 Å². The molecular formula is C87H101Cl2N11O24S2. The summed E-state index contributed by atoms with van der Waals surface area (Å²) < 4.78 is 38.3. The van der Waals surface area contributed by atoms with Crippen LogP contribution in [0.2, 0.25) is 10.0 Å². The summed E-state index contributed by atoms with van der Waals surface area (Å²) in [4.78, 5) is 126. The van der Waals surface area contributed by atoms with Gasteiger partial charge >= 0.3 is 5.97 Å². The zero-order valence-electron chi connectivity index (χ0n) is 69.4. The van der Waals surface area contributed by atoms with Gasteiger partial charge in [0.2, 0.25) is 53.4 Å². The average molecular weight is 1820 g/mol. The molecule has 0 aliphatic carbocycles. The number of aliphatic hydroxyl groups is 6. The number of para-hydroxylation sites is 1. The number of primary amides is 1. The Labute approximate surface area is 742 Å². The van der Waals surface area contributed by atoms with Crippen molar-refractivity contribution in [3.63, 3.8) is 0 Å². The van der Waals surface area contributed by atoms with Crippen molar-refractivity contribution in [2.75, 3.05) is 44.9 Å². The van der Waals surface area contributed by atoms with Crippen LogP contribution in [0.4, 0.5) is 11.4 Å². The van der Waals surface area contributed by atoms with Crippen LogP contribution in [-0.4, -0.2) is 228 Å². The maximum Gasteiger partial charge on any atom is 0.330 e. The normalized spacial score (nSPS) is 27.6. The zero-order chi connectivity index (χ0) is 90.8. The fourth-order valence-electron chi connectivity index (χ4n) is 16.5. The number of anilines is 2. The van der Waals surface area contributed by atoms with Crippen molar-refractivity contribution >= 4 is 105 Å². The Balaban J connectivity index is 0.000000461. The van der Waals surface area contributed by atoms with Crippen molar-refractivity contribution in [1.29, 1.82) is 0 Å². The number of carbonyl (C=O) groups excluding carboxylic acids is 7. The number of aliphatic carboxylic acids is 1. The van der Waals surface area contributed by atoms with Gasteiger partial charge in [-0.15, -0.1) is 11.8 Å². The first-order valence-electron chi connectivity index (χ1n) is 40.8. The van der Waals surface area contributed by atoms with Crippen LogP contribution in [0, 0.1) is 5.92 Å². The summed E-state index contributed by atoms with van der Waals surface area (Å²) in [6.07, 6.45) is -11.1. The van der Waals surface area contributed by atoms with E-state index in [4.69, 9.17) is 63.1 Å². The van der Waals surface area contributed by atoms with Crippen molar-refractivity contribution in [1.82, 2.24) is 42.1 Å². The molecule has 3 saturated heterocycles. The minimum Gasteiger partial charge on any atom is -0.508 e. The number of ether oxygens (including phenoxy) is 6. The van der Waals surface area contributed by atoms with Gasteiger partial charge in [-0.25, -0.2) is 4.79 Å². The van der Waals surface area contributed by atoms with Crippen LogP contribution >= 0.6 is 46.7 Å². The maximum atomic E-state index is 16.0. The number of halogens is 2. The lowest BCUT2D eigenvalue weighted by Crippen LogP contribution is -2.64. The number of carboxylic acids is 1. The van der Waals surface area contributed by atoms with Gasteiger partial charge in [-0.3, -0.25) is 33.6 Å². The van der Waals surface area contributed by atoms with Crippen LogP contribution in [0.5, 0.6) is 46.0 Å². The van der Waals surface area contributed by atoms with E-state index < -0.39 is 237 Å². The predicted octanol–water partition coefficient (Wildman–Crippen LogP) is 5.99. The van der Waals surface area contributed by atoms with Gasteiger partial charge in [0.05, 0.1) is 52.7 Å². The topological polar surface area (TPSA) is 537 Å². The molecule has 9 heterocycles. The lowest BCUT2D eigenvalue weighted by Gasteiger charge is -2.47. The van der Waals surface area contributed by atoms with Crippen LogP contribution in [0.25, 0.3) is 11.1 Å². The second-order valence-electron chi connectivity index (χ2n) is 32.7. The molecule has 7 aromatic rings. The molecule has 126 heavy (non-hydrogen) atoms. The number of fused-ring (bicyclic) bond motifs is 17. The number of likely N-dealkylation sites (N-methyl/N-ethyl adjacent to an activating group) is 1. The van der Waals surface area contributed by atoms with Gasteiger partial charge in [0.1, 0.15) is 89.5 Å². The number of likely N-dealkylation sites (tertiary alicyclic amines) is 1. The lowest BCUT2D eigenvalue weighted by molar-refractivity contribution is -0.333. The summed E-state index contributed by atoms with van der Waals surface area (Å²) in [6, 6.07) is 15.8. The van der Waals surface area contributed by atoms with E-state index in [0.29, 0.717) is 0 Å². The van der Waals surface area contributed by atoms with Crippen molar-refractivity contribution in [2.24, 2.45) is 17.4 Å². The van der Waals surface area contributed by atoms with E-state index in [2.05, 4.69) is 103 Å². The molecule has 35 nitrogen and oxygen atoms in total. The summed E-state index contributed by atoms with van der Waals surface area (Å²) in [6.45, 7) is 8.01. The van der Waals surface area contributed by atoms with Crippen LogP contribution in [0.3, 0.4) is 0 Å². The molecule has 1 unspecified atom stereocenters. The SMILES string of the molecule is CN[C@H](CC(C)C)C(=O)N[C@H]1C(=O)N[C@@H](CC(N)=O)C(=O)N[C@H]2C(=O)N[C@H]3C(=O)N[C@H](C(=O)N[C@H](C(=O)O)c4cc(O)cc(O)c4-c4cc3ccc4O)[C@H](O)c3ccc(c(Cl)c3)Oc3cc2cc(c3O[C@@H]2O[C@H](CO)[C@@H](O)[C@H](O)[C@H]2O[C@H]2C[C@](C)(N)[C@H](O)[C@H](C)O2)Oc2ccc(cc2Cl)[C@H]1O.CSc1ccc2c(c1)N(CCC1CCCCN1C)c1ccccc1S2. The number of benzene rings is 7. The van der Waals surface area contributed by atoms with Crippen LogP contribution in [0.15, 0.2) is 136 Å². The fraction of sp³-hybridized carbons (Fsp3) is 0.425.